The zero-order valence-corrected chi connectivity index (χ0v) is 15.7. The van der Waals surface area contributed by atoms with E-state index in [1.165, 1.54) is 25.1 Å². The molecular formula is C14H14N4O7Se. The van der Waals surface area contributed by atoms with Gasteiger partial charge < -0.3 is 0 Å². The van der Waals surface area contributed by atoms with Gasteiger partial charge in [-0.3, -0.25) is 30.0 Å². The number of aromatic nitrogens is 2. The van der Waals surface area contributed by atoms with Crippen molar-refractivity contribution < 1.29 is 22.3 Å². The summed E-state index contributed by atoms with van der Waals surface area (Å²) < 4.78 is 16.9. The van der Waals surface area contributed by atoms with Crippen LogP contribution in [-0.2, 0) is 7.67 Å². The molecule has 12 heteroatoms. The zero-order valence-electron chi connectivity index (χ0n) is 13.9. The molecule has 2 heterocycles. The Kier molecular flexibility index (Phi) is 10.1. The number of rotatable bonds is 3. The average Bonchev–Trinajstić information content (AvgIpc) is 2.55. The van der Waals surface area contributed by atoms with Crippen molar-refractivity contribution >= 4 is 32.5 Å². The van der Waals surface area contributed by atoms with Crippen LogP contribution in [0.1, 0.15) is 27.6 Å². The van der Waals surface area contributed by atoms with E-state index in [9.17, 15) is 25.0 Å². The summed E-state index contributed by atoms with van der Waals surface area (Å²) in [4.78, 5) is 37.5. The van der Waals surface area contributed by atoms with Crippen LogP contribution in [0.3, 0.4) is 0 Å². The SMILES string of the molecule is Cc1ccc([N+](=O)[O-])c(C)n1.Cc1nc(C=O)ccc1[N+](=O)[O-].O=[Se]=O. The summed E-state index contributed by atoms with van der Waals surface area (Å²) in [6.45, 7) is 4.92. The number of aryl methyl sites for hydroxylation is 3. The Labute approximate surface area is 153 Å². The fraction of sp³-hybridized carbons (Fsp3) is 0.214. The Morgan fingerprint density at radius 1 is 0.885 bits per heavy atom. The summed E-state index contributed by atoms with van der Waals surface area (Å²) >= 11 is -1.62. The number of pyridine rings is 2. The van der Waals surface area contributed by atoms with Crippen LogP contribution in [0.4, 0.5) is 11.4 Å². The molecule has 0 amide bonds. The maximum atomic E-state index is 10.3. The van der Waals surface area contributed by atoms with Gasteiger partial charge in [0.15, 0.2) is 6.29 Å². The monoisotopic (exact) mass is 430 g/mol. The van der Waals surface area contributed by atoms with Crippen LogP contribution in [0, 0.1) is 41.0 Å². The Morgan fingerprint density at radius 3 is 1.65 bits per heavy atom. The fourth-order valence-electron chi connectivity index (χ4n) is 1.70. The van der Waals surface area contributed by atoms with Crippen LogP contribution >= 0.6 is 0 Å². The summed E-state index contributed by atoms with van der Waals surface area (Å²) in [5.74, 6) is 0. The topological polar surface area (TPSA) is 163 Å². The molecule has 0 atom stereocenters. The molecule has 0 fully saturated rings. The fourth-order valence-corrected chi connectivity index (χ4v) is 1.70. The Bertz CT molecular complexity index is 851. The summed E-state index contributed by atoms with van der Waals surface area (Å²) in [6, 6.07) is 5.69. The molecule has 2 rings (SSSR count). The van der Waals surface area contributed by atoms with Crippen LogP contribution in [0.15, 0.2) is 24.3 Å². The number of carbonyl (C=O) groups is 1. The molecule has 11 nitrogen and oxygen atoms in total. The maximum absolute atomic E-state index is 10.3. The second kappa shape index (κ2) is 11.4. The number of carbonyl (C=O) groups excluding carboxylic acids is 1. The average molecular weight is 429 g/mol. The summed E-state index contributed by atoms with van der Waals surface area (Å²) in [5, 5.41) is 20.6. The van der Waals surface area contributed by atoms with E-state index < -0.39 is 24.7 Å². The molecule has 0 aliphatic carbocycles. The number of hydrogen-bond donors (Lipinski definition) is 0. The van der Waals surface area contributed by atoms with Crippen LogP contribution in [-0.4, -0.2) is 40.9 Å². The normalized spacial score (nSPS) is 8.88. The molecule has 0 saturated carbocycles. The van der Waals surface area contributed by atoms with Crippen molar-refractivity contribution in [3.63, 3.8) is 0 Å². The van der Waals surface area contributed by atoms with Crippen LogP contribution in [0.25, 0.3) is 0 Å². The van der Waals surface area contributed by atoms with Crippen molar-refractivity contribution in [3.05, 3.63) is 67.3 Å². The van der Waals surface area contributed by atoms with Gasteiger partial charge >= 0.3 is 22.5 Å². The van der Waals surface area contributed by atoms with Gasteiger partial charge in [-0.15, -0.1) is 0 Å². The van der Waals surface area contributed by atoms with Crippen molar-refractivity contribution in [1.29, 1.82) is 0 Å². The molecule has 0 radical (unpaired) electrons. The Morgan fingerprint density at radius 2 is 1.31 bits per heavy atom. The molecule has 26 heavy (non-hydrogen) atoms. The van der Waals surface area contributed by atoms with Crippen molar-refractivity contribution in [1.82, 2.24) is 9.97 Å². The van der Waals surface area contributed by atoms with E-state index >= 15 is 0 Å². The van der Waals surface area contributed by atoms with Crippen molar-refractivity contribution in [3.8, 4) is 0 Å². The van der Waals surface area contributed by atoms with Crippen molar-refractivity contribution in [2.75, 3.05) is 0 Å². The molecule has 0 aromatic carbocycles. The van der Waals surface area contributed by atoms with Crippen LogP contribution in [0.5, 0.6) is 0 Å². The Hall–Kier alpha value is -3.11. The van der Waals surface area contributed by atoms with Gasteiger partial charge in [-0.05, 0) is 32.9 Å². The molecular weight excluding hydrogens is 415 g/mol. The van der Waals surface area contributed by atoms with E-state index in [0.29, 0.717) is 12.0 Å². The summed E-state index contributed by atoms with van der Waals surface area (Å²) in [7, 11) is 0. The molecule has 2 aromatic rings. The number of hydrogen-bond acceptors (Lipinski definition) is 9. The third kappa shape index (κ3) is 7.64. The third-order valence-electron chi connectivity index (χ3n) is 2.79. The molecule has 0 spiro atoms. The van der Waals surface area contributed by atoms with E-state index in [0.717, 1.165) is 5.69 Å². The van der Waals surface area contributed by atoms with Gasteiger partial charge in [-0.25, -0.2) is 4.98 Å². The zero-order chi connectivity index (χ0) is 20.3. The first-order valence-electron chi connectivity index (χ1n) is 6.75. The quantitative estimate of drug-likeness (QED) is 0.307. The van der Waals surface area contributed by atoms with E-state index in [1.54, 1.807) is 19.9 Å². The van der Waals surface area contributed by atoms with Gasteiger partial charge in [0.25, 0.3) is 11.4 Å². The standard InChI is InChI=1S/C7H6N2O3.C7H8N2O2.O2Se/c1-5-7(9(11)12)3-2-6(4-10)8-5;1-5-3-4-7(9(10)11)6(2)8-5;1-3-2/h2-4H,1H3;3-4H,1-2H3;. The minimum absolute atomic E-state index is 0.0689. The predicted molar refractivity (Wildman–Crippen MR) is 88.5 cm³/mol. The van der Waals surface area contributed by atoms with Gasteiger partial charge in [-0.2, -0.15) is 0 Å². The molecule has 0 aliphatic rings. The summed E-state index contributed by atoms with van der Waals surface area (Å²) in [5.41, 5.74) is 1.74. The molecule has 0 aliphatic heterocycles. The van der Waals surface area contributed by atoms with Crippen LogP contribution < -0.4 is 0 Å². The van der Waals surface area contributed by atoms with E-state index in [4.69, 9.17) is 7.67 Å². The molecule has 0 unspecified atom stereocenters. The van der Waals surface area contributed by atoms with Crippen LogP contribution in [0.2, 0.25) is 0 Å². The van der Waals surface area contributed by atoms with E-state index in [1.807, 2.05) is 0 Å². The minimum atomic E-state index is -1.62. The Balaban J connectivity index is 0.000000419. The van der Waals surface area contributed by atoms with E-state index in [-0.39, 0.29) is 22.8 Å². The first kappa shape index (κ1) is 22.9. The van der Waals surface area contributed by atoms with Gasteiger partial charge in [-0.1, -0.05) is 0 Å². The molecule has 138 valence electrons. The van der Waals surface area contributed by atoms with Crippen molar-refractivity contribution in [2.24, 2.45) is 0 Å². The van der Waals surface area contributed by atoms with Gasteiger partial charge in [0.1, 0.15) is 17.1 Å². The van der Waals surface area contributed by atoms with E-state index in [2.05, 4.69) is 9.97 Å². The molecule has 0 N–H and O–H groups in total. The second-order valence-electron chi connectivity index (χ2n) is 4.60. The van der Waals surface area contributed by atoms with Gasteiger partial charge in [0, 0.05) is 17.8 Å². The molecule has 0 bridgehead atoms. The first-order chi connectivity index (χ1) is 12.2. The third-order valence-corrected chi connectivity index (χ3v) is 2.79. The number of aldehydes is 1. The van der Waals surface area contributed by atoms with Gasteiger partial charge in [0.2, 0.25) is 0 Å². The molecule has 0 saturated heterocycles. The molecule has 2 aromatic heterocycles. The second-order valence-corrected chi connectivity index (χ2v) is 4.88. The number of nitro groups is 2. The van der Waals surface area contributed by atoms with Crippen molar-refractivity contribution in [2.45, 2.75) is 20.8 Å². The first-order valence-corrected chi connectivity index (χ1v) is 8.15. The number of nitrogens with zero attached hydrogens (tertiary/aromatic N) is 4. The van der Waals surface area contributed by atoms with Gasteiger partial charge in [0.05, 0.1) is 9.85 Å². The predicted octanol–water partition coefficient (Wildman–Crippen LogP) is 2.10. The summed E-state index contributed by atoms with van der Waals surface area (Å²) in [6.07, 6.45) is 0.552.